The molecule has 0 aliphatic carbocycles. The van der Waals surface area contributed by atoms with Gasteiger partial charge in [0.25, 0.3) is 0 Å². The third kappa shape index (κ3) is 5.66. The number of hydrogen-bond acceptors (Lipinski definition) is 5. The number of rotatable bonds is 7. The van der Waals surface area contributed by atoms with Crippen molar-refractivity contribution in [1.82, 2.24) is 10.2 Å². The summed E-state index contributed by atoms with van der Waals surface area (Å²) in [6, 6.07) is 13.8. The highest BCUT2D eigenvalue weighted by Gasteiger charge is 2.37. The molecule has 1 N–H and O–H groups in total. The van der Waals surface area contributed by atoms with Crippen molar-refractivity contribution in [3.05, 3.63) is 70.8 Å². The van der Waals surface area contributed by atoms with Gasteiger partial charge in [0.15, 0.2) is 0 Å². The summed E-state index contributed by atoms with van der Waals surface area (Å²) in [7, 11) is 1.30. The predicted octanol–water partition coefficient (Wildman–Crippen LogP) is 3.30. The molecule has 1 fully saturated rings. The summed E-state index contributed by atoms with van der Waals surface area (Å²) in [6.07, 6.45) is 1.00. The van der Waals surface area contributed by atoms with Gasteiger partial charge in [-0.3, -0.25) is 9.69 Å². The molecule has 0 saturated carbocycles. The second-order valence-corrected chi connectivity index (χ2v) is 8.05. The van der Waals surface area contributed by atoms with Gasteiger partial charge >= 0.3 is 12.1 Å². The lowest BCUT2D eigenvalue weighted by molar-refractivity contribution is -0.145. The molecule has 1 aliphatic heterocycles. The van der Waals surface area contributed by atoms with Crippen LogP contribution in [0.2, 0.25) is 0 Å². The van der Waals surface area contributed by atoms with Gasteiger partial charge in [0.2, 0.25) is 5.91 Å². The van der Waals surface area contributed by atoms with Crippen molar-refractivity contribution in [3.63, 3.8) is 0 Å². The number of ether oxygens (including phenoxy) is 2. The zero-order chi connectivity index (χ0) is 23.1. The molecule has 2 amide bonds. The van der Waals surface area contributed by atoms with Gasteiger partial charge in [-0.05, 0) is 48.9 Å². The summed E-state index contributed by atoms with van der Waals surface area (Å²) in [6.45, 7) is 4.52. The Kier molecular flexibility index (Phi) is 7.87. The van der Waals surface area contributed by atoms with Crippen LogP contribution in [0, 0.1) is 13.8 Å². The molecule has 1 heterocycles. The number of benzene rings is 2. The van der Waals surface area contributed by atoms with Crippen molar-refractivity contribution < 1.29 is 23.9 Å². The van der Waals surface area contributed by atoms with Crippen LogP contribution in [0.15, 0.2) is 48.5 Å². The number of amides is 2. The van der Waals surface area contributed by atoms with Crippen molar-refractivity contribution in [2.24, 2.45) is 0 Å². The van der Waals surface area contributed by atoms with E-state index in [4.69, 9.17) is 9.47 Å². The van der Waals surface area contributed by atoms with Gasteiger partial charge in [0, 0.05) is 13.0 Å². The quantitative estimate of drug-likeness (QED) is 0.671. The fourth-order valence-corrected chi connectivity index (χ4v) is 4.04. The van der Waals surface area contributed by atoms with Crippen molar-refractivity contribution in [2.75, 3.05) is 13.7 Å². The van der Waals surface area contributed by atoms with E-state index in [2.05, 4.69) is 5.32 Å². The number of nitrogens with one attached hydrogen (secondary N) is 1. The summed E-state index contributed by atoms with van der Waals surface area (Å²) in [5.74, 6) is -0.891. The summed E-state index contributed by atoms with van der Waals surface area (Å²) in [5.41, 5.74) is 3.95. The minimum atomic E-state index is -0.838. The number of nitrogens with zero attached hydrogens (tertiary/aromatic N) is 1. The van der Waals surface area contributed by atoms with Crippen molar-refractivity contribution in [2.45, 2.75) is 51.8 Å². The van der Waals surface area contributed by atoms with E-state index in [1.54, 1.807) is 0 Å². The molecule has 0 unspecified atom stereocenters. The molecule has 1 aliphatic rings. The van der Waals surface area contributed by atoms with Gasteiger partial charge in [-0.1, -0.05) is 48.5 Å². The summed E-state index contributed by atoms with van der Waals surface area (Å²) in [4.78, 5) is 39.5. The summed E-state index contributed by atoms with van der Waals surface area (Å²) >= 11 is 0. The molecule has 2 aromatic rings. The van der Waals surface area contributed by atoms with Crippen molar-refractivity contribution in [3.8, 4) is 0 Å². The van der Waals surface area contributed by atoms with Crippen LogP contribution in [0.1, 0.15) is 35.1 Å². The maximum atomic E-state index is 13.1. The van der Waals surface area contributed by atoms with E-state index in [1.807, 2.05) is 62.4 Å². The second-order valence-electron chi connectivity index (χ2n) is 8.05. The Hall–Kier alpha value is -3.35. The van der Waals surface area contributed by atoms with Crippen LogP contribution in [0.25, 0.3) is 0 Å². The average Bonchev–Trinajstić information content (AvgIpc) is 3.29. The number of aryl methyl sites for hydroxylation is 2. The molecule has 7 nitrogen and oxygen atoms in total. The first-order valence-corrected chi connectivity index (χ1v) is 10.8. The number of esters is 1. The van der Waals surface area contributed by atoms with Crippen LogP contribution in [0.3, 0.4) is 0 Å². The van der Waals surface area contributed by atoms with Gasteiger partial charge in [0.1, 0.15) is 18.7 Å². The van der Waals surface area contributed by atoms with Crippen LogP contribution in [-0.2, 0) is 32.1 Å². The Labute approximate surface area is 188 Å². The minimum Gasteiger partial charge on any atom is -0.467 e. The van der Waals surface area contributed by atoms with Gasteiger partial charge in [-0.2, -0.15) is 0 Å². The van der Waals surface area contributed by atoms with Crippen LogP contribution < -0.4 is 5.32 Å². The molecule has 0 bridgehead atoms. The van der Waals surface area contributed by atoms with E-state index in [1.165, 1.54) is 12.0 Å². The first-order chi connectivity index (χ1) is 15.4. The summed E-state index contributed by atoms with van der Waals surface area (Å²) in [5, 5.41) is 2.81. The van der Waals surface area contributed by atoms with E-state index in [0.29, 0.717) is 25.8 Å². The van der Waals surface area contributed by atoms with Crippen molar-refractivity contribution >= 4 is 18.0 Å². The smallest absolute Gasteiger partial charge is 0.410 e. The number of carbonyl (C=O) groups is 3. The highest BCUT2D eigenvalue weighted by molar-refractivity contribution is 5.90. The third-order valence-corrected chi connectivity index (χ3v) is 5.85. The van der Waals surface area contributed by atoms with Crippen LogP contribution in [0.5, 0.6) is 0 Å². The molecule has 170 valence electrons. The number of carbonyl (C=O) groups excluding carboxylic acids is 3. The number of hydrogen-bond donors (Lipinski definition) is 1. The third-order valence-electron chi connectivity index (χ3n) is 5.85. The molecule has 0 radical (unpaired) electrons. The topological polar surface area (TPSA) is 84.9 Å². The van der Waals surface area contributed by atoms with Crippen LogP contribution in [0.4, 0.5) is 4.79 Å². The maximum Gasteiger partial charge on any atom is 0.410 e. The molecule has 3 rings (SSSR count). The molecule has 0 aromatic heterocycles. The fourth-order valence-electron chi connectivity index (χ4n) is 4.04. The lowest BCUT2D eigenvalue weighted by Crippen LogP contribution is -2.52. The maximum absolute atomic E-state index is 13.1. The minimum absolute atomic E-state index is 0.141. The first kappa shape index (κ1) is 23.3. The highest BCUT2D eigenvalue weighted by atomic mass is 16.6. The Bertz CT molecular complexity index is 940. The van der Waals surface area contributed by atoms with E-state index >= 15 is 0 Å². The number of methoxy groups -OCH3 is 1. The molecule has 1 saturated heterocycles. The lowest BCUT2D eigenvalue weighted by atomic mass is 9.96. The van der Waals surface area contributed by atoms with Crippen LogP contribution in [-0.4, -0.2) is 48.6 Å². The normalized spacial score (nSPS) is 16.3. The Balaban J connectivity index is 1.66. The standard InChI is InChI=1S/C25H30N2O5/c1-17-9-7-10-18(2)20(17)15-21(24(29)31-3)26-23(28)22-13-8-14-27(22)25(30)32-16-19-11-5-4-6-12-19/h4-7,9-12,21-22H,8,13-16H2,1-3H3,(H,26,28)/t21-,22+/m0/s1. The molecule has 2 atom stereocenters. The Morgan fingerprint density at radius 2 is 1.75 bits per heavy atom. The zero-order valence-corrected chi connectivity index (χ0v) is 18.8. The van der Waals surface area contributed by atoms with E-state index < -0.39 is 24.1 Å². The summed E-state index contributed by atoms with van der Waals surface area (Å²) < 4.78 is 10.3. The predicted molar refractivity (Wildman–Crippen MR) is 120 cm³/mol. The van der Waals surface area contributed by atoms with Crippen LogP contribution >= 0.6 is 0 Å². The van der Waals surface area contributed by atoms with Crippen molar-refractivity contribution in [1.29, 1.82) is 0 Å². The molecular weight excluding hydrogens is 408 g/mol. The van der Waals surface area contributed by atoms with Gasteiger partial charge in [-0.25, -0.2) is 9.59 Å². The zero-order valence-electron chi connectivity index (χ0n) is 18.8. The van der Waals surface area contributed by atoms with E-state index in [-0.39, 0.29) is 12.5 Å². The van der Waals surface area contributed by atoms with E-state index in [0.717, 1.165) is 22.3 Å². The van der Waals surface area contributed by atoms with Gasteiger partial charge in [0.05, 0.1) is 7.11 Å². The molecule has 0 spiro atoms. The average molecular weight is 439 g/mol. The first-order valence-electron chi connectivity index (χ1n) is 10.8. The second kappa shape index (κ2) is 10.8. The number of likely N-dealkylation sites (tertiary alicyclic amines) is 1. The Morgan fingerprint density at radius 1 is 1.06 bits per heavy atom. The Morgan fingerprint density at radius 3 is 2.41 bits per heavy atom. The largest absolute Gasteiger partial charge is 0.467 e. The SMILES string of the molecule is COC(=O)[C@H](Cc1c(C)cccc1C)NC(=O)[C@H]1CCCN1C(=O)OCc1ccccc1. The molecule has 2 aromatic carbocycles. The molecular formula is C25H30N2O5. The van der Waals surface area contributed by atoms with E-state index in [9.17, 15) is 14.4 Å². The monoisotopic (exact) mass is 438 g/mol. The molecule has 32 heavy (non-hydrogen) atoms. The highest BCUT2D eigenvalue weighted by Crippen LogP contribution is 2.21. The molecule has 7 heteroatoms. The fraction of sp³-hybridized carbons (Fsp3) is 0.400. The lowest BCUT2D eigenvalue weighted by Gasteiger charge is -2.26. The van der Waals surface area contributed by atoms with Gasteiger partial charge in [-0.15, -0.1) is 0 Å². The van der Waals surface area contributed by atoms with Gasteiger partial charge < -0.3 is 14.8 Å².